The van der Waals surface area contributed by atoms with E-state index in [1.54, 1.807) is 0 Å². The summed E-state index contributed by atoms with van der Waals surface area (Å²) in [6.45, 7) is 1.26. The molecule has 122 valence electrons. The first kappa shape index (κ1) is 16.9. The summed E-state index contributed by atoms with van der Waals surface area (Å²) in [5.41, 5.74) is 0.847. The van der Waals surface area contributed by atoms with Gasteiger partial charge in [0.2, 0.25) is 0 Å². The molecule has 0 aliphatic rings. The largest absolute Gasteiger partial charge is 0.494 e. The van der Waals surface area contributed by atoms with Gasteiger partial charge in [0.25, 0.3) is 0 Å². The van der Waals surface area contributed by atoms with Gasteiger partial charge in [-0.1, -0.05) is 36.4 Å². The lowest BCUT2D eigenvalue weighted by Crippen LogP contribution is -2.08. The number of unbranched alkanes of at least 4 members (excludes halogenated alkanes) is 1. The molecule has 0 spiro atoms. The van der Waals surface area contributed by atoms with E-state index < -0.39 is 0 Å². The van der Waals surface area contributed by atoms with Crippen LogP contribution in [0.4, 0.5) is 0 Å². The zero-order chi connectivity index (χ0) is 16.3. The predicted octanol–water partition coefficient (Wildman–Crippen LogP) is 3.64. The molecule has 0 radical (unpaired) electrons. The van der Waals surface area contributed by atoms with Crippen LogP contribution in [0.1, 0.15) is 18.4 Å². The average molecular weight is 314 g/mol. The molecule has 0 bridgehead atoms. The van der Waals surface area contributed by atoms with Gasteiger partial charge in [-0.15, -0.1) is 0 Å². The van der Waals surface area contributed by atoms with Gasteiger partial charge < -0.3 is 14.2 Å². The van der Waals surface area contributed by atoms with Gasteiger partial charge in [-0.25, -0.2) is 0 Å². The monoisotopic (exact) mass is 314 g/mol. The maximum absolute atomic E-state index is 11.4. The summed E-state index contributed by atoms with van der Waals surface area (Å²) in [4.78, 5) is 11.4. The summed E-state index contributed by atoms with van der Waals surface area (Å²) in [7, 11) is 1.39. The second kappa shape index (κ2) is 9.51. The molecule has 0 aliphatic carbocycles. The van der Waals surface area contributed by atoms with E-state index in [1.807, 2.05) is 54.6 Å². The van der Waals surface area contributed by atoms with E-state index in [1.165, 1.54) is 7.11 Å². The summed E-state index contributed by atoms with van der Waals surface area (Å²) in [6, 6.07) is 17.3. The number of hydrogen-bond acceptors (Lipinski definition) is 4. The van der Waals surface area contributed by atoms with Gasteiger partial charge in [0, 0.05) is 5.56 Å². The van der Waals surface area contributed by atoms with Crippen molar-refractivity contribution in [3.05, 3.63) is 60.2 Å². The van der Waals surface area contributed by atoms with Crippen molar-refractivity contribution in [3.8, 4) is 11.5 Å². The molecule has 0 aromatic heterocycles. The van der Waals surface area contributed by atoms with Crippen LogP contribution in [0.5, 0.6) is 11.5 Å². The van der Waals surface area contributed by atoms with Crippen LogP contribution in [-0.4, -0.2) is 26.3 Å². The SMILES string of the molecule is COC(=O)Cc1ccccc1OCCCCOc1ccccc1. The highest BCUT2D eigenvalue weighted by Gasteiger charge is 2.08. The average Bonchev–Trinajstić information content (AvgIpc) is 2.60. The Balaban J connectivity index is 1.69. The smallest absolute Gasteiger partial charge is 0.310 e. The van der Waals surface area contributed by atoms with Crippen molar-refractivity contribution in [2.45, 2.75) is 19.3 Å². The quantitative estimate of drug-likeness (QED) is 0.523. The molecule has 2 rings (SSSR count). The topological polar surface area (TPSA) is 44.8 Å². The molecule has 4 nitrogen and oxygen atoms in total. The highest BCUT2D eigenvalue weighted by Crippen LogP contribution is 2.19. The second-order valence-corrected chi connectivity index (χ2v) is 5.08. The number of para-hydroxylation sites is 2. The number of methoxy groups -OCH3 is 1. The summed E-state index contributed by atoms with van der Waals surface area (Å²) < 4.78 is 16.1. The third-order valence-electron chi connectivity index (χ3n) is 3.34. The number of hydrogen-bond donors (Lipinski definition) is 0. The van der Waals surface area contributed by atoms with E-state index in [2.05, 4.69) is 0 Å². The van der Waals surface area contributed by atoms with E-state index >= 15 is 0 Å². The fraction of sp³-hybridized carbons (Fsp3) is 0.316. The molecule has 2 aromatic carbocycles. The standard InChI is InChI=1S/C19H22O4/c1-21-19(20)15-16-9-5-6-12-18(16)23-14-8-7-13-22-17-10-3-2-4-11-17/h2-6,9-12H,7-8,13-15H2,1H3. The number of esters is 1. The Bertz CT molecular complexity index is 595. The van der Waals surface area contributed by atoms with Gasteiger partial charge in [-0.05, 0) is 31.0 Å². The van der Waals surface area contributed by atoms with Gasteiger partial charge >= 0.3 is 5.97 Å². The van der Waals surface area contributed by atoms with E-state index in [0.717, 1.165) is 29.9 Å². The van der Waals surface area contributed by atoms with E-state index in [0.29, 0.717) is 13.2 Å². The van der Waals surface area contributed by atoms with Crippen LogP contribution in [0.2, 0.25) is 0 Å². The summed E-state index contributed by atoms with van der Waals surface area (Å²) >= 11 is 0. The third-order valence-corrected chi connectivity index (χ3v) is 3.34. The molecular formula is C19H22O4. The predicted molar refractivity (Wildman–Crippen MR) is 88.8 cm³/mol. The maximum atomic E-state index is 11.4. The van der Waals surface area contributed by atoms with E-state index in [9.17, 15) is 4.79 Å². The van der Waals surface area contributed by atoms with Crippen LogP contribution in [0, 0.1) is 0 Å². The Labute approximate surface area is 137 Å². The number of carbonyl (C=O) groups is 1. The van der Waals surface area contributed by atoms with Gasteiger partial charge in [-0.3, -0.25) is 4.79 Å². The van der Waals surface area contributed by atoms with Gasteiger partial charge in [0.15, 0.2) is 0 Å². The van der Waals surface area contributed by atoms with Crippen molar-refractivity contribution in [3.63, 3.8) is 0 Å². The Morgan fingerprint density at radius 3 is 2.26 bits per heavy atom. The lowest BCUT2D eigenvalue weighted by molar-refractivity contribution is -0.139. The molecule has 0 atom stereocenters. The third kappa shape index (κ3) is 6.02. The van der Waals surface area contributed by atoms with Crippen LogP contribution in [-0.2, 0) is 16.0 Å². The van der Waals surface area contributed by atoms with Crippen molar-refractivity contribution >= 4 is 5.97 Å². The molecule has 0 aliphatic heterocycles. The minimum absolute atomic E-state index is 0.226. The molecule has 0 saturated carbocycles. The van der Waals surface area contributed by atoms with Crippen LogP contribution in [0.3, 0.4) is 0 Å². The lowest BCUT2D eigenvalue weighted by atomic mass is 10.1. The van der Waals surface area contributed by atoms with Crippen molar-refractivity contribution in [2.75, 3.05) is 20.3 Å². The summed E-state index contributed by atoms with van der Waals surface area (Å²) in [5, 5.41) is 0. The molecule has 0 unspecified atom stereocenters. The summed E-state index contributed by atoms with van der Waals surface area (Å²) in [6.07, 6.45) is 2.03. The Morgan fingerprint density at radius 1 is 0.870 bits per heavy atom. The molecule has 0 amide bonds. The Hall–Kier alpha value is -2.49. The summed E-state index contributed by atoms with van der Waals surface area (Å²) in [5.74, 6) is 1.36. The van der Waals surface area contributed by atoms with Crippen molar-refractivity contribution in [1.82, 2.24) is 0 Å². The first-order valence-corrected chi connectivity index (χ1v) is 7.75. The number of carbonyl (C=O) groups excluding carboxylic acids is 1. The fourth-order valence-corrected chi connectivity index (χ4v) is 2.11. The van der Waals surface area contributed by atoms with Crippen molar-refractivity contribution < 1.29 is 19.0 Å². The van der Waals surface area contributed by atoms with Crippen LogP contribution < -0.4 is 9.47 Å². The number of rotatable bonds is 9. The van der Waals surface area contributed by atoms with Crippen LogP contribution in [0.15, 0.2) is 54.6 Å². The van der Waals surface area contributed by atoms with E-state index in [-0.39, 0.29) is 12.4 Å². The number of benzene rings is 2. The lowest BCUT2D eigenvalue weighted by Gasteiger charge is -2.11. The van der Waals surface area contributed by atoms with Gasteiger partial charge in [0.1, 0.15) is 11.5 Å². The molecule has 0 heterocycles. The maximum Gasteiger partial charge on any atom is 0.310 e. The molecule has 4 heteroatoms. The molecule has 0 saturated heterocycles. The highest BCUT2D eigenvalue weighted by molar-refractivity contribution is 5.73. The normalized spacial score (nSPS) is 10.1. The van der Waals surface area contributed by atoms with Crippen molar-refractivity contribution in [2.24, 2.45) is 0 Å². The minimum atomic E-state index is -0.266. The van der Waals surface area contributed by atoms with Crippen molar-refractivity contribution in [1.29, 1.82) is 0 Å². The zero-order valence-corrected chi connectivity index (χ0v) is 13.4. The molecule has 0 fully saturated rings. The Morgan fingerprint density at radius 2 is 1.52 bits per heavy atom. The zero-order valence-electron chi connectivity index (χ0n) is 13.4. The van der Waals surface area contributed by atoms with Gasteiger partial charge in [-0.2, -0.15) is 0 Å². The molecule has 23 heavy (non-hydrogen) atoms. The Kier molecular flexibility index (Phi) is 6.98. The van der Waals surface area contributed by atoms with Crippen LogP contribution in [0.25, 0.3) is 0 Å². The highest BCUT2D eigenvalue weighted by atomic mass is 16.5. The number of ether oxygens (including phenoxy) is 3. The van der Waals surface area contributed by atoms with Crippen LogP contribution >= 0.6 is 0 Å². The second-order valence-electron chi connectivity index (χ2n) is 5.08. The molecule has 0 N–H and O–H groups in total. The molecule has 2 aromatic rings. The minimum Gasteiger partial charge on any atom is -0.494 e. The first-order chi connectivity index (χ1) is 11.3. The van der Waals surface area contributed by atoms with E-state index in [4.69, 9.17) is 14.2 Å². The fourth-order valence-electron chi connectivity index (χ4n) is 2.11. The first-order valence-electron chi connectivity index (χ1n) is 7.75. The van der Waals surface area contributed by atoms with Gasteiger partial charge in [0.05, 0.1) is 26.7 Å². The molecular weight excluding hydrogens is 292 g/mol.